The summed E-state index contributed by atoms with van der Waals surface area (Å²) < 4.78 is 41.8. The second-order valence-electron chi connectivity index (χ2n) is 6.17. The highest BCUT2D eigenvalue weighted by Gasteiger charge is 2.03. The molecule has 0 aromatic heterocycles. The molecule has 0 atom stereocenters. The zero-order valence-electron chi connectivity index (χ0n) is 19.1. The summed E-state index contributed by atoms with van der Waals surface area (Å²) >= 11 is 0. The average molecular weight is 480 g/mol. The lowest BCUT2D eigenvalue weighted by Crippen LogP contribution is -2.31. The highest BCUT2D eigenvalue weighted by Crippen LogP contribution is 1.85. The van der Waals surface area contributed by atoms with Gasteiger partial charge < -0.3 is 48.3 Å². The second kappa shape index (κ2) is 26.4. The zero-order chi connectivity index (χ0) is 24.2. The Balaban J connectivity index is 3.10. The molecule has 0 fully saturated rings. The van der Waals surface area contributed by atoms with Crippen LogP contribution in [0, 0.1) is 12.3 Å². The molecule has 0 aliphatic rings. The van der Waals surface area contributed by atoms with Crippen molar-refractivity contribution in [3.8, 4) is 12.3 Å². The summed E-state index contributed by atoms with van der Waals surface area (Å²) in [6, 6.07) is 0. The van der Waals surface area contributed by atoms with Gasteiger partial charge in [0.25, 0.3) is 0 Å². The van der Waals surface area contributed by atoms with Gasteiger partial charge in [0.2, 0.25) is 5.91 Å². The molecule has 192 valence electrons. The summed E-state index contributed by atoms with van der Waals surface area (Å²) in [4.78, 5) is 21.5. The molecule has 0 aromatic carbocycles. The Bertz CT molecular complexity index is 499. The van der Waals surface area contributed by atoms with Crippen molar-refractivity contribution >= 4 is 11.9 Å². The van der Waals surface area contributed by atoms with Gasteiger partial charge in [-0.1, -0.05) is 5.92 Å². The van der Waals surface area contributed by atoms with Gasteiger partial charge in [-0.15, -0.1) is 6.42 Å². The standard InChI is InChI=1S/C21H37NO11/c1-2-4-26-6-8-28-10-12-30-14-16-32-17-15-31-13-11-29-9-7-27-5-3-22-20(23)18-33-19-21(24)25/h1H,3-19H2,(H,22,23)(H,24,25). The van der Waals surface area contributed by atoms with Crippen LogP contribution in [0.5, 0.6) is 0 Å². The lowest BCUT2D eigenvalue weighted by molar-refractivity contribution is -0.143. The summed E-state index contributed by atoms with van der Waals surface area (Å²) in [6.45, 7) is 5.69. The van der Waals surface area contributed by atoms with Crippen molar-refractivity contribution in [1.29, 1.82) is 0 Å². The molecule has 0 heterocycles. The molecule has 0 saturated heterocycles. The lowest BCUT2D eigenvalue weighted by Gasteiger charge is -2.08. The van der Waals surface area contributed by atoms with Crippen LogP contribution in [0.2, 0.25) is 0 Å². The first-order chi connectivity index (χ1) is 16.2. The van der Waals surface area contributed by atoms with Gasteiger partial charge in [-0.3, -0.25) is 4.79 Å². The number of carbonyl (C=O) groups excluding carboxylic acids is 1. The number of carboxylic acids is 1. The van der Waals surface area contributed by atoms with Gasteiger partial charge in [0, 0.05) is 6.54 Å². The molecule has 0 aromatic rings. The molecule has 1 amide bonds. The maximum atomic E-state index is 11.3. The first-order valence-electron chi connectivity index (χ1n) is 10.7. The number of aliphatic carboxylic acids is 1. The van der Waals surface area contributed by atoms with E-state index in [-0.39, 0.29) is 6.61 Å². The van der Waals surface area contributed by atoms with E-state index in [4.69, 9.17) is 44.7 Å². The molecule has 0 saturated carbocycles. The quantitative estimate of drug-likeness (QED) is 0.116. The van der Waals surface area contributed by atoms with E-state index >= 15 is 0 Å². The van der Waals surface area contributed by atoms with Crippen molar-refractivity contribution < 1.29 is 52.6 Å². The molecule has 12 heteroatoms. The number of hydrogen-bond acceptors (Lipinski definition) is 10. The number of hydrogen-bond donors (Lipinski definition) is 2. The number of ether oxygens (including phenoxy) is 8. The van der Waals surface area contributed by atoms with Gasteiger partial charge >= 0.3 is 5.97 Å². The molecule has 0 aliphatic heterocycles. The molecule has 2 N–H and O–H groups in total. The van der Waals surface area contributed by atoms with Gasteiger partial charge in [0.05, 0.1) is 85.9 Å². The van der Waals surface area contributed by atoms with Crippen LogP contribution in [0.1, 0.15) is 0 Å². The molecule has 12 nitrogen and oxygen atoms in total. The third kappa shape index (κ3) is 28.1. The summed E-state index contributed by atoms with van der Waals surface area (Å²) in [6.07, 6.45) is 5.05. The Morgan fingerprint density at radius 2 is 1.00 bits per heavy atom. The molecule has 33 heavy (non-hydrogen) atoms. The Morgan fingerprint density at radius 1 is 0.606 bits per heavy atom. The number of nitrogens with one attached hydrogen (secondary N) is 1. The van der Waals surface area contributed by atoms with Gasteiger partial charge in [-0.05, 0) is 0 Å². The molecule has 0 bridgehead atoms. The fourth-order valence-electron chi connectivity index (χ4n) is 2.00. The van der Waals surface area contributed by atoms with Crippen molar-refractivity contribution in [1.82, 2.24) is 5.32 Å². The molecule has 0 spiro atoms. The minimum atomic E-state index is -1.12. The predicted octanol–water partition coefficient (Wildman–Crippen LogP) is -1.05. The summed E-state index contributed by atoms with van der Waals surface area (Å²) in [5.41, 5.74) is 0. The van der Waals surface area contributed by atoms with E-state index in [0.29, 0.717) is 99.0 Å². The maximum Gasteiger partial charge on any atom is 0.329 e. The van der Waals surface area contributed by atoms with Crippen molar-refractivity contribution in [2.75, 3.05) is 112 Å². The van der Waals surface area contributed by atoms with Gasteiger partial charge in [0.15, 0.2) is 0 Å². The molecule has 0 radical (unpaired) electrons. The van der Waals surface area contributed by atoms with E-state index in [0.717, 1.165) is 0 Å². The monoisotopic (exact) mass is 479 g/mol. The van der Waals surface area contributed by atoms with Crippen LogP contribution in [-0.4, -0.2) is 129 Å². The predicted molar refractivity (Wildman–Crippen MR) is 116 cm³/mol. The van der Waals surface area contributed by atoms with Gasteiger partial charge in [-0.25, -0.2) is 4.79 Å². The van der Waals surface area contributed by atoms with Crippen LogP contribution in [0.3, 0.4) is 0 Å². The molecular weight excluding hydrogens is 442 g/mol. The van der Waals surface area contributed by atoms with Crippen LogP contribution in [-0.2, 0) is 47.5 Å². The van der Waals surface area contributed by atoms with E-state index in [1.54, 1.807) is 0 Å². The Labute approximate surface area is 195 Å². The molecule has 0 aliphatic carbocycles. The minimum Gasteiger partial charge on any atom is -0.480 e. The van der Waals surface area contributed by atoms with E-state index in [9.17, 15) is 9.59 Å². The van der Waals surface area contributed by atoms with Crippen molar-refractivity contribution in [2.24, 2.45) is 0 Å². The van der Waals surface area contributed by atoms with Crippen LogP contribution >= 0.6 is 0 Å². The minimum absolute atomic E-state index is 0.296. The highest BCUT2D eigenvalue weighted by molar-refractivity contribution is 5.77. The number of terminal acetylenes is 1. The van der Waals surface area contributed by atoms with Crippen LogP contribution < -0.4 is 5.32 Å². The molecular formula is C21H37NO11. The first kappa shape index (κ1) is 31.2. The largest absolute Gasteiger partial charge is 0.480 e. The maximum absolute atomic E-state index is 11.3. The van der Waals surface area contributed by atoms with Crippen LogP contribution in [0.25, 0.3) is 0 Å². The van der Waals surface area contributed by atoms with Crippen molar-refractivity contribution in [3.05, 3.63) is 0 Å². The smallest absolute Gasteiger partial charge is 0.329 e. The van der Waals surface area contributed by atoms with Gasteiger partial charge in [-0.2, -0.15) is 0 Å². The topological polar surface area (TPSA) is 140 Å². The average Bonchev–Trinajstić information content (AvgIpc) is 2.79. The van der Waals surface area contributed by atoms with E-state index < -0.39 is 18.5 Å². The molecule has 0 unspecified atom stereocenters. The number of carbonyl (C=O) groups is 2. The summed E-state index contributed by atoms with van der Waals surface area (Å²) in [7, 11) is 0. The Kier molecular flexibility index (Phi) is 25.0. The molecule has 0 rings (SSSR count). The second-order valence-corrected chi connectivity index (χ2v) is 6.17. The number of carboxylic acid groups (broad SMARTS) is 1. The van der Waals surface area contributed by atoms with Crippen LogP contribution in [0.15, 0.2) is 0 Å². The van der Waals surface area contributed by atoms with E-state index in [2.05, 4.69) is 16.0 Å². The summed E-state index contributed by atoms with van der Waals surface area (Å²) in [5, 5.41) is 10.9. The first-order valence-corrected chi connectivity index (χ1v) is 10.7. The third-order valence-electron chi connectivity index (χ3n) is 3.44. The zero-order valence-corrected chi connectivity index (χ0v) is 19.1. The highest BCUT2D eigenvalue weighted by atomic mass is 16.6. The number of amides is 1. The van der Waals surface area contributed by atoms with E-state index in [1.807, 2.05) is 0 Å². The fraction of sp³-hybridized carbons (Fsp3) is 0.810. The fourth-order valence-corrected chi connectivity index (χ4v) is 2.00. The third-order valence-corrected chi connectivity index (χ3v) is 3.44. The van der Waals surface area contributed by atoms with Gasteiger partial charge in [0.1, 0.15) is 19.8 Å². The number of rotatable bonds is 26. The normalized spacial score (nSPS) is 10.8. The Hall–Kier alpha value is -1.82. The van der Waals surface area contributed by atoms with Crippen LogP contribution in [0.4, 0.5) is 0 Å². The van der Waals surface area contributed by atoms with E-state index in [1.165, 1.54) is 0 Å². The Morgan fingerprint density at radius 3 is 1.39 bits per heavy atom. The van der Waals surface area contributed by atoms with Crippen molar-refractivity contribution in [3.63, 3.8) is 0 Å². The lowest BCUT2D eigenvalue weighted by atomic mass is 10.6. The SMILES string of the molecule is C#CCOCCOCCOCCOCCOCCOCCOCCNC(=O)COCC(=O)O. The summed E-state index contributed by atoms with van der Waals surface area (Å²) in [5.74, 6) is 0.864. The van der Waals surface area contributed by atoms with Crippen molar-refractivity contribution in [2.45, 2.75) is 0 Å².